The predicted molar refractivity (Wildman–Crippen MR) is 68.7 cm³/mol. The Bertz CT molecular complexity index is 511. The molecule has 0 spiro atoms. The molecule has 0 saturated carbocycles. The molecule has 0 amide bonds. The summed E-state index contributed by atoms with van der Waals surface area (Å²) in [5.41, 5.74) is 0.820. The number of halogens is 2. The van der Waals surface area contributed by atoms with Crippen molar-refractivity contribution < 1.29 is 4.74 Å². The minimum absolute atomic E-state index is 0.321. The summed E-state index contributed by atoms with van der Waals surface area (Å²) in [6.07, 6.45) is 0. The molecule has 0 unspecified atom stereocenters. The maximum Gasteiger partial charge on any atom is 0.162 e. The zero-order valence-corrected chi connectivity index (χ0v) is 10.7. The van der Waals surface area contributed by atoms with E-state index in [0.717, 1.165) is 11.3 Å². The fourth-order valence-electron chi connectivity index (χ4n) is 1.41. The van der Waals surface area contributed by atoms with E-state index in [9.17, 15) is 0 Å². The topological polar surface area (TPSA) is 35.0 Å². The van der Waals surface area contributed by atoms with Gasteiger partial charge in [0.15, 0.2) is 5.82 Å². The summed E-state index contributed by atoms with van der Waals surface area (Å²) in [7, 11) is 0. The molecular weight excluding hydrogens is 259 g/mol. The van der Waals surface area contributed by atoms with Crippen LogP contribution in [0.2, 0.25) is 10.3 Å². The summed E-state index contributed by atoms with van der Waals surface area (Å²) in [5, 5.41) is 0.642. The van der Waals surface area contributed by atoms with E-state index < -0.39 is 0 Å². The highest BCUT2D eigenvalue weighted by molar-refractivity contribution is 6.33. The Hall–Kier alpha value is -1.32. The fourth-order valence-corrected chi connectivity index (χ4v) is 1.83. The minimum Gasteiger partial charge on any atom is -0.494 e. The highest BCUT2D eigenvalue weighted by Crippen LogP contribution is 2.23. The van der Waals surface area contributed by atoms with Crippen LogP contribution in [-0.4, -0.2) is 16.6 Å². The lowest BCUT2D eigenvalue weighted by molar-refractivity contribution is 0.340. The van der Waals surface area contributed by atoms with Crippen LogP contribution in [0.25, 0.3) is 11.4 Å². The lowest BCUT2D eigenvalue weighted by atomic mass is 10.2. The van der Waals surface area contributed by atoms with Gasteiger partial charge in [-0.25, -0.2) is 9.97 Å². The second-order valence-electron chi connectivity index (χ2n) is 3.30. The molecule has 0 N–H and O–H groups in total. The van der Waals surface area contributed by atoms with E-state index in [1.807, 2.05) is 31.2 Å². The van der Waals surface area contributed by atoms with Gasteiger partial charge in [-0.05, 0) is 19.1 Å². The smallest absolute Gasteiger partial charge is 0.162 e. The highest BCUT2D eigenvalue weighted by Gasteiger charge is 2.05. The van der Waals surface area contributed by atoms with E-state index >= 15 is 0 Å². The van der Waals surface area contributed by atoms with Gasteiger partial charge in [-0.15, -0.1) is 0 Å². The predicted octanol–water partition coefficient (Wildman–Crippen LogP) is 3.85. The first-order valence-electron chi connectivity index (χ1n) is 5.12. The maximum absolute atomic E-state index is 5.83. The van der Waals surface area contributed by atoms with Crippen molar-refractivity contribution in [3.8, 4) is 17.1 Å². The molecule has 1 aromatic carbocycles. The third-order valence-electron chi connectivity index (χ3n) is 2.07. The molecule has 0 fully saturated rings. The Balaban J connectivity index is 2.41. The van der Waals surface area contributed by atoms with Crippen molar-refractivity contribution in [1.82, 2.24) is 9.97 Å². The van der Waals surface area contributed by atoms with E-state index in [1.54, 1.807) is 0 Å². The standard InChI is InChI=1S/C12H10Cl2N2O/c1-2-17-9-5-3-4-8(6-9)12-15-10(13)7-11(14)16-12/h3-7H,2H2,1H3. The number of hydrogen-bond acceptors (Lipinski definition) is 3. The molecule has 0 aliphatic rings. The van der Waals surface area contributed by atoms with Gasteiger partial charge in [0, 0.05) is 11.6 Å². The lowest BCUT2D eigenvalue weighted by Crippen LogP contribution is -1.93. The molecule has 1 heterocycles. The molecule has 3 nitrogen and oxygen atoms in total. The summed E-state index contributed by atoms with van der Waals surface area (Å²) < 4.78 is 5.41. The van der Waals surface area contributed by atoms with Gasteiger partial charge in [0.1, 0.15) is 16.1 Å². The third kappa shape index (κ3) is 3.08. The number of hydrogen-bond donors (Lipinski definition) is 0. The molecule has 0 saturated heterocycles. The summed E-state index contributed by atoms with van der Waals surface area (Å²) >= 11 is 11.7. The summed E-state index contributed by atoms with van der Waals surface area (Å²) in [6, 6.07) is 8.98. The van der Waals surface area contributed by atoms with Crippen molar-refractivity contribution in [2.45, 2.75) is 6.92 Å². The van der Waals surface area contributed by atoms with Crippen LogP contribution in [0.5, 0.6) is 5.75 Å². The average molecular weight is 269 g/mol. The van der Waals surface area contributed by atoms with E-state index in [-0.39, 0.29) is 0 Å². The molecule has 5 heteroatoms. The van der Waals surface area contributed by atoms with Crippen LogP contribution in [0.1, 0.15) is 6.92 Å². The molecule has 0 aliphatic heterocycles. The van der Waals surface area contributed by atoms with Crippen LogP contribution in [0.3, 0.4) is 0 Å². The van der Waals surface area contributed by atoms with Crippen LogP contribution in [-0.2, 0) is 0 Å². The molecule has 1 aromatic heterocycles. The van der Waals surface area contributed by atoms with Crippen molar-refractivity contribution in [3.05, 3.63) is 40.6 Å². The van der Waals surface area contributed by atoms with Gasteiger partial charge >= 0.3 is 0 Å². The van der Waals surface area contributed by atoms with Crippen molar-refractivity contribution >= 4 is 23.2 Å². The highest BCUT2D eigenvalue weighted by atomic mass is 35.5. The van der Waals surface area contributed by atoms with Gasteiger partial charge in [-0.1, -0.05) is 35.3 Å². The zero-order valence-electron chi connectivity index (χ0n) is 9.15. The first-order valence-corrected chi connectivity index (χ1v) is 5.88. The van der Waals surface area contributed by atoms with Gasteiger partial charge in [0.25, 0.3) is 0 Å². The SMILES string of the molecule is CCOc1cccc(-c2nc(Cl)cc(Cl)n2)c1. The molecule has 0 aliphatic carbocycles. The molecule has 0 bridgehead atoms. The van der Waals surface area contributed by atoms with Gasteiger partial charge in [0.05, 0.1) is 6.61 Å². The van der Waals surface area contributed by atoms with Crippen LogP contribution in [0, 0.1) is 0 Å². The molecule has 2 aromatic rings. The van der Waals surface area contributed by atoms with Gasteiger partial charge in [0.2, 0.25) is 0 Å². The fraction of sp³-hybridized carbons (Fsp3) is 0.167. The van der Waals surface area contributed by atoms with E-state index in [2.05, 4.69) is 9.97 Å². The Morgan fingerprint density at radius 2 is 1.82 bits per heavy atom. The summed E-state index contributed by atoms with van der Waals surface area (Å²) in [4.78, 5) is 8.24. The van der Waals surface area contributed by atoms with E-state index in [0.29, 0.717) is 22.7 Å². The number of ether oxygens (including phenoxy) is 1. The Kier molecular flexibility index (Phi) is 3.82. The Morgan fingerprint density at radius 3 is 2.47 bits per heavy atom. The van der Waals surface area contributed by atoms with Gasteiger partial charge < -0.3 is 4.74 Å². The summed E-state index contributed by atoms with van der Waals surface area (Å²) in [6.45, 7) is 2.54. The second-order valence-corrected chi connectivity index (χ2v) is 4.07. The molecular formula is C12H10Cl2N2O. The van der Waals surface area contributed by atoms with Crippen LogP contribution >= 0.6 is 23.2 Å². The van der Waals surface area contributed by atoms with Gasteiger partial charge in [-0.2, -0.15) is 0 Å². The first kappa shape index (κ1) is 12.1. The largest absolute Gasteiger partial charge is 0.494 e. The first-order chi connectivity index (χ1) is 8.19. The van der Waals surface area contributed by atoms with Crippen LogP contribution < -0.4 is 4.74 Å². The quantitative estimate of drug-likeness (QED) is 0.794. The van der Waals surface area contributed by atoms with Crippen LogP contribution in [0.15, 0.2) is 30.3 Å². The Morgan fingerprint density at radius 1 is 1.12 bits per heavy atom. The van der Waals surface area contributed by atoms with E-state index in [4.69, 9.17) is 27.9 Å². The van der Waals surface area contributed by atoms with E-state index in [1.165, 1.54) is 6.07 Å². The number of nitrogens with zero attached hydrogens (tertiary/aromatic N) is 2. The van der Waals surface area contributed by atoms with Crippen LogP contribution in [0.4, 0.5) is 0 Å². The molecule has 17 heavy (non-hydrogen) atoms. The molecule has 0 atom stereocenters. The minimum atomic E-state index is 0.321. The lowest BCUT2D eigenvalue weighted by Gasteiger charge is -2.05. The third-order valence-corrected chi connectivity index (χ3v) is 2.45. The van der Waals surface area contributed by atoms with Crippen molar-refractivity contribution in [2.75, 3.05) is 6.61 Å². The molecule has 2 rings (SSSR count). The number of rotatable bonds is 3. The van der Waals surface area contributed by atoms with Crippen molar-refractivity contribution in [1.29, 1.82) is 0 Å². The summed E-state index contributed by atoms with van der Waals surface area (Å²) in [5.74, 6) is 1.26. The number of aromatic nitrogens is 2. The molecule has 0 radical (unpaired) electrons. The van der Waals surface area contributed by atoms with Crippen molar-refractivity contribution in [2.24, 2.45) is 0 Å². The molecule has 88 valence electrons. The van der Waals surface area contributed by atoms with Gasteiger partial charge in [-0.3, -0.25) is 0 Å². The van der Waals surface area contributed by atoms with Crippen molar-refractivity contribution in [3.63, 3.8) is 0 Å². The average Bonchev–Trinajstić information content (AvgIpc) is 2.28. The maximum atomic E-state index is 5.83. The second kappa shape index (κ2) is 5.34. The Labute approximate surface area is 109 Å². The monoisotopic (exact) mass is 268 g/mol. The number of benzene rings is 1. The zero-order chi connectivity index (χ0) is 12.3. The normalized spacial score (nSPS) is 10.3.